The second-order valence-corrected chi connectivity index (χ2v) is 7.73. The molecule has 0 saturated carbocycles. The fourth-order valence-electron chi connectivity index (χ4n) is 3.13. The zero-order valence-electron chi connectivity index (χ0n) is 16.5. The molecular weight excluding hydrogens is 461 g/mol. The summed E-state index contributed by atoms with van der Waals surface area (Å²) >= 11 is 12.0. The molecule has 1 atom stereocenters. The number of rotatable bonds is 7. The molecule has 0 saturated heterocycles. The van der Waals surface area contributed by atoms with Crippen molar-refractivity contribution in [2.75, 3.05) is 6.54 Å². The summed E-state index contributed by atoms with van der Waals surface area (Å²) in [6, 6.07) is 13.4. The van der Waals surface area contributed by atoms with Gasteiger partial charge in [-0.15, -0.1) is 0 Å². The third-order valence-corrected chi connectivity index (χ3v) is 5.43. The minimum Gasteiger partial charge on any atom is -0.494 e. The Bertz CT molecular complexity index is 1080. The van der Waals surface area contributed by atoms with Gasteiger partial charge in [-0.1, -0.05) is 59.6 Å². The van der Waals surface area contributed by atoms with Crippen LogP contribution in [0.2, 0.25) is 10.0 Å². The van der Waals surface area contributed by atoms with Crippen molar-refractivity contribution in [2.45, 2.75) is 19.4 Å². The lowest BCUT2D eigenvalue weighted by atomic mass is 10.1. The average molecular weight is 480 g/mol. The molecule has 0 aromatic heterocycles. The second-order valence-electron chi connectivity index (χ2n) is 6.92. The van der Waals surface area contributed by atoms with Crippen LogP contribution in [0, 0.1) is 0 Å². The Hall–Kier alpha value is -3.27. The van der Waals surface area contributed by atoms with Crippen LogP contribution in [0.4, 0.5) is 0 Å². The number of nitrogens with zero attached hydrogens (tertiary/aromatic N) is 2. The summed E-state index contributed by atoms with van der Waals surface area (Å²) in [5.74, 6) is -4.15. The molecule has 0 bridgehead atoms. The van der Waals surface area contributed by atoms with Gasteiger partial charge in [0.05, 0.1) is 23.1 Å². The number of aliphatic carboxylic acids is 1. The highest BCUT2D eigenvalue weighted by molar-refractivity contribution is 6.42. The molecule has 1 unspecified atom stereocenters. The first kappa shape index (κ1) is 23.4. The maximum absolute atomic E-state index is 13.0. The highest BCUT2D eigenvalue weighted by Gasteiger charge is 2.42. The number of hydrogen-bond acceptors (Lipinski definition) is 6. The fraction of sp³-hybridized carbons (Fsp3) is 0.190. The van der Waals surface area contributed by atoms with Gasteiger partial charge < -0.3 is 20.6 Å². The second kappa shape index (κ2) is 9.90. The van der Waals surface area contributed by atoms with Crippen LogP contribution < -0.4 is 5.32 Å². The van der Waals surface area contributed by atoms with Crippen molar-refractivity contribution in [2.24, 2.45) is 0 Å². The molecule has 1 aliphatic rings. The molecule has 2 aromatic rings. The van der Waals surface area contributed by atoms with Gasteiger partial charge in [0.2, 0.25) is 12.2 Å². The Morgan fingerprint density at radius 2 is 1.62 bits per heavy atom. The smallest absolute Gasteiger partial charge is 0.322 e. The number of benzene rings is 2. The normalized spacial score (nSPS) is 16.3. The minimum atomic E-state index is -1.62. The quantitative estimate of drug-likeness (QED) is 0.447. The van der Waals surface area contributed by atoms with Crippen LogP contribution in [-0.2, 0) is 27.5 Å². The molecule has 9 nitrogen and oxygen atoms in total. The van der Waals surface area contributed by atoms with Crippen LogP contribution in [0.15, 0.2) is 60.0 Å². The Kier molecular flexibility index (Phi) is 7.24. The first-order valence-electron chi connectivity index (χ1n) is 9.35. The van der Waals surface area contributed by atoms with Crippen molar-refractivity contribution < 1.29 is 29.7 Å². The van der Waals surface area contributed by atoms with Crippen molar-refractivity contribution in [1.82, 2.24) is 15.1 Å². The summed E-state index contributed by atoms with van der Waals surface area (Å²) in [5.41, 5.74) is 0.512. The summed E-state index contributed by atoms with van der Waals surface area (Å²) in [7, 11) is 0. The first-order chi connectivity index (χ1) is 15.2. The predicted octanol–water partition coefficient (Wildman–Crippen LogP) is 2.08. The lowest BCUT2D eigenvalue weighted by Gasteiger charge is -2.41. The number of nitrogens with one attached hydrogen (secondary N) is 1. The molecular formula is C21H19Cl2N3O6. The summed E-state index contributed by atoms with van der Waals surface area (Å²) in [5, 5.41) is 33.0. The highest BCUT2D eigenvalue weighted by atomic mass is 35.5. The number of carboxylic acid groups (broad SMARTS) is 1. The number of carboxylic acids is 1. The van der Waals surface area contributed by atoms with Gasteiger partial charge in [0, 0.05) is 0 Å². The van der Waals surface area contributed by atoms with E-state index in [2.05, 4.69) is 5.32 Å². The molecule has 1 aliphatic heterocycles. The number of hydrogen-bond donors (Lipinski definition) is 4. The lowest BCUT2D eigenvalue weighted by molar-refractivity contribution is -0.167. The number of aliphatic hydroxyl groups excluding tert-OH is 2. The van der Waals surface area contributed by atoms with Crippen molar-refractivity contribution in [1.29, 1.82) is 0 Å². The van der Waals surface area contributed by atoms with Crippen LogP contribution in [0.25, 0.3) is 0 Å². The van der Waals surface area contributed by atoms with Gasteiger partial charge in [-0.25, -0.2) is 0 Å². The molecule has 1 heterocycles. The van der Waals surface area contributed by atoms with Gasteiger partial charge in [-0.05, 0) is 23.3 Å². The van der Waals surface area contributed by atoms with E-state index in [1.807, 2.05) is 0 Å². The molecule has 32 heavy (non-hydrogen) atoms. The van der Waals surface area contributed by atoms with E-state index >= 15 is 0 Å². The SMILES string of the molecule is O=C(O)CNC(=O)C1=C(O)N(Cc2ccc(Cl)c(Cl)c2)C(O)N(Cc2ccccc2)C1=O. The van der Waals surface area contributed by atoms with E-state index < -0.39 is 42.1 Å². The van der Waals surface area contributed by atoms with Gasteiger partial charge in [0.1, 0.15) is 6.54 Å². The molecule has 0 fully saturated rings. The van der Waals surface area contributed by atoms with Crippen molar-refractivity contribution in [3.05, 3.63) is 81.2 Å². The van der Waals surface area contributed by atoms with Crippen LogP contribution in [0.1, 0.15) is 11.1 Å². The zero-order valence-corrected chi connectivity index (χ0v) is 18.0. The van der Waals surface area contributed by atoms with E-state index in [-0.39, 0.29) is 18.1 Å². The molecule has 168 valence electrons. The Morgan fingerprint density at radius 1 is 0.969 bits per heavy atom. The van der Waals surface area contributed by atoms with Gasteiger partial charge in [-0.2, -0.15) is 0 Å². The average Bonchev–Trinajstić information content (AvgIpc) is 2.76. The number of aliphatic hydroxyl groups is 2. The topological polar surface area (TPSA) is 130 Å². The summed E-state index contributed by atoms with van der Waals surface area (Å²) in [6.45, 7) is -0.948. The van der Waals surface area contributed by atoms with Crippen molar-refractivity contribution >= 4 is 41.0 Å². The van der Waals surface area contributed by atoms with E-state index in [0.717, 1.165) is 9.80 Å². The third kappa shape index (κ3) is 5.13. The summed E-state index contributed by atoms with van der Waals surface area (Å²) < 4.78 is 0. The maximum Gasteiger partial charge on any atom is 0.322 e. The van der Waals surface area contributed by atoms with Crippen LogP contribution in [0.5, 0.6) is 0 Å². The van der Waals surface area contributed by atoms with Crippen LogP contribution in [-0.4, -0.2) is 55.8 Å². The summed E-state index contributed by atoms with van der Waals surface area (Å²) in [4.78, 5) is 38.4. The fourth-order valence-corrected chi connectivity index (χ4v) is 3.45. The Balaban J connectivity index is 1.99. The number of carbonyl (C=O) groups is 3. The maximum atomic E-state index is 13.0. The largest absolute Gasteiger partial charge is 0.494 e. The molecule has 2 amide bonds. The van der Waals surface area contributed by atoms with Crippen LogP contribution in [0.3, 0.4) is 0 Å². The van der Waals surface area contributed by atoms with Gasteiger partial charge >= 0.3 is 5.97 Å². The van der Waals surface area contributed by atoms with E-state index in [4.69, 9.17) is 28.3 Å². The molecule has 2 aromatic carbocycles. The van der Waals surface area contributed by atoms with Gasteiger partial charge in [-0.3, -0.25) is 24.2 Å². The Labute approximate surface area is 193 Å². The van der Waals surface area contributed by atoms with E-state index in [1.165, 1.54) is 12.1 Å². The number of carbonyl (C=O) groups excluding carboxylic acids is 2. The first-order valence-corrected chi connectivity index (χ1v) is 10.1. The zero-order chi connectivity index (χ0) is 23.4. The lowest BCUT2D eigenvalue weighted by Crippen LogP contribution is -2.56. The molecule has 3 rings (SSSR count). The van der Waals surface area contributed by atoms with E-state index in [0.29, 0.717) is 16.1 Å². The minimum absolute atomic E-state index is 0.0678. The van der Waals surface area contributed by atoms with Gasteiger partial charge in [0.25, 0.3) is 11.8 Å². The van der Waals surface area contributed by atoms with Crippen LogP contribution >= 0.6 is 23.2 Å². The van der Waals surface area contributed by atoms with E-state index in [1.54, 1.807) is 36.4 Å². The highest BCUT2D eigenvalue weighted by Crippen LogP contribution is 2.29. The van der Waals surface area contributed by atoms with Crippen molar-refractivity contribution in [3.63, 3.8) is 0 Å². The van der Waals surface area contributed by atoms with E-state index in [9.17, 15) is 24.6 Å². The van der Waals surface area contributed by atoms with Crippen molar-refractivity contribution in [3.8, 4) is 0 Å². The molecule has 0 radical (unpaired) electrons. The Morgan fingerprint density at radius 3 is 2.25 bits per heavy atom. The predicted molar refractivity (Wildman–Crippen MR) is 115 cm³/mol. The number of halogens is 2. The molecule has 4 N–H and O–H groups in total. The third-order valence-electron chi connectivity index (χ3n) is 4.69. The summed E-state index contributed by atoms with van der Waals surface area (Å²) in [6.07, 6.45) is -1.62. The number of amides is 2. The standard InChI is InChI=1S/C21H19Cl2N3O6/c22-14-7-6-13(8-15(14)23)11-26-20(31)17(18(29)24-9-16(27)28)19(30)25(21(26)32)10-12-4-2-1-3-5-12/h1-8,21,31-32H,9-11H2,(H,24,29)(H,27,28). The molecule has 11 heteroatoms. The van der Waals surface area contributed by atoms with Gasteiger partial charge in [0.15, 0.2) is 5.57 Å². The molecule has 0 aliphatic carbocycles. The molecule has 0 spiro atoms. The monoisotopic (exact) mass is 479 g/mol.